The van der Waals surface area contributed by atoms with Gasteiger partial charge < -0.3 is 4.74 Å². The number of thiophene rings is 1. The highest BCUT2D eigenvalue weighted by atomic mass is 32.1. The average molecular weight is 447 g/mol. The molecule has 0 N–H and O–H groups in total. The topological polar surface area (TPSA) is 78.3 Å². The van der Waals surface area contributed by atoms with E-state index in [-0.39, 0.29) is 17.8 Å². The Labute approximate surface area is 189 Å². The van der Waals surface area contributed by atoms with Gasteiger partial charge in [0.1, 0.15) is 10.9 Å². The number of rotatable bonds is 6. The van der Waals surface area contributed by atoms with Gasteiger partial charge in [0.15, 0.2) is 5.78 Å². The number of ketones is 1. The van der Waals surface area contributed by atoms with Crippen molar-refractivity contribution < 1.29 is 14.3 Å². The summed E-state index contributed by atoms with van der Waals surface area (Å²) in [7, 11) is 1.26. The molecule has 6 nitrogen and oxygen atoms in total. The van der Waals surface area contributed by atoms with E-state index in [0.717, 1.165) is 21.6 Å². The Kier molecular flexibility index (Phi) is 6.01. The fourth-order valence-corrected chi connectivity index (χ4v) is 4.76. The highest BCUT2D eigenvalue weighted by molar-refractivity contribution is 7.19. The van der Waals surface area contributed by atoms with E-state index in [4.69, 9.17) is 4.74 Å². The Morgan fingerprint density at radius 1 is 1.06 bits per heavy atom. The molecule has 162 valence electrons. The molecule has 0 bridgehead atoms. The number of esters is 1. The second-order valence-corrected chi connectivity index (χ2v) is 8.77. The van der Waals surface area contributed by atoms with Crippen molar-refractivity contribution in [1.29, 1.82) is 0 Å². The molecule has 2 aromatic carbocycles. The summed E-state index contributed by atoms with van der Waals surface area (Å²) in [6.07, 6.45) is 1.09. The highest BCUT2D eigenvalue weighted by Gasteiger charge is 2.28. The van der Waals surface area contributed by atoms with E-state index >= 15 is 0 Å². The van der Waals surface area contributed by atoms with Crippen LogP contribution in [0.1, 0.15) is 33.3 Å². The summed E-state index contributed by atoms with van der Waals surface area (Å²) >= 11 is 1.43. The summed E-state index contributed by atoms with van der Waals surface area (Å²) in [5.41, 5.74) is 2.89. The minimum atomic E-state index is -1.06. The number of hydrogen-bond acceptors (Lipinski definition) is 6. The zero-order valence-electron chi connectivity index (χ0n) is 18.0. The lowest BCUT2D eigenvalue weighted by Crippen LogP contribution is -2.32. The van der Waals surface area contributed by atoms with Crippen LogP contribution in [0.15, 0.2) is 65.7 Å². The molecule has 0 fully saturated rings. The van der Waals surface area contributed by atoms with E-state index < -0.39 is 12.0 Å². The molecule has 0 spiro atoms. The fraction of sp³-hybridized carbons (Fsp3) is 0.200. The van der Waals surface area contributed by atoms with E-state index in [9.17, 15) is 14.4 Å². The maximum Gasteiger partial charge on any atom is 0.308 e. The van der Waals surface area contributed by atoms with Gasteiger partial charge in [0.2, 0.25) is 0 Å². The third-order valence-electron chi connectivity index (χ3n) is 5.44. The maximum absolute atomic E-state index is 13.7. The minimum Gasteiger partial charge on any atom is -0.469 e. The minimum absolute atomic E-state index is 0.264. The molecule has 0 saturated carbocycles. The molecule has 0 aliphatic heterocycles. The molecule has 1 unspecified atom stereocenters. The molecular weight excluding hydrogens is 424 g/mol. The summed E-state index contributed by atoms with van der Waals surface area (Å²) in [5, 5.41) is 0.453. The summed E-state index contributed by atoms with van der Waals surface area (Å²) < 4.78 is 6.06. The molecule has 0 saturated heterocycles. The molecule has 1 atom stereocenters. The van der Waals surface area contributed by atoms with Crippen LogP contribution in [0.4, 0.5) is 0 Å². The molecule has 2 aromatic heterocycles. The van der Waals surface area contributed by atoms with Crippen LogP contribution in [0.3, 0.4) is 0 Å². The molecule has 4 aromatic rings. The van der Waals surface area contributed by atoms with Gasteiger partial charge in [-0.2, -0.15) is 0 Å². The molecule has 4 rings (SSSR count). The number of ether oxygens (including phenoxy) is 1. The van der Waals surface area contributed by atoms with E-state index in [1.54, 1.807) is 30.3 Å². The smallest absolute Gasteiger partial charge is 0.308 e. The van der Waals surface area contributed by atoms with Gasteiger partial charge in [0.25, 0.3) is 5.56 Å². The lowest BCUT2D eigenvalue weighted by molar-refractivity contribution is -0.141. The van der Waals surface area contributed by atoms with Gasteiger partial charge in [0.05, 0.1) is 25.2 Å². The van der Waals surface area contributed by atoms with Crippen molar-refractivity contribution in [2.75, 3.05) is 7.11 Å². The molecule has 0 amide bonds. The normalized spacial score (nSPS) is 12.0. The lowest BCUT2D eigenvalue weighted by Gasteiger charge is -2.18. The molecule has 32 heavy (non-hydrogen) atoms. The first-order valence-corrected chi connectivity index (χ1v) is 11.0. The number of benzene rings is 2. The molecule has 0 radical (unpaired) electrons. The molecule has 0 aliphatic rings. The van der Waals surface area contributed by atoms with Gasteiger partial charge in [-0.25, -0.2) is 4.98 Å². The lowest BCUT2D eigenvalue weighted by atomic mass is 10.00. The van der Waals surface area contributed by atoms with E-state index in [1.807, 2.05) is 38.1 Å². The largest absolute Gasteiger partial charge is 0.469 e. The van der Waals surface area contributed by atoms with Crippen molar-refractivity contribution in [1.82, 2.24) is 9.55 Å². The summed E-state index contributed by atoms with van der Waals surface area (Å²) in [5.74, 6) is -0.922. The van der Waals surface area contributed by atoms with E-state index in [2.05, 4.69) is 4.98 Å². The number of aryl methyl sites for hydroxylation is 2. The second-order valence-electron chi connectivity index (χ2n) is 7.56. The standard InChI is InChI=1S/C25H22N2O4S/c1-15-9-11-17(12-10-15)21-16(2)32-24-22(21)25(30)27(14-26-24)19(13-20(28)31-3)23(29)18-7-5-4-6-8-18/h4-12,14,19H,13H2,1-3H3. The maximum atomic E-state index is 13.7. The van der Waals surface area contributed by atoms with Crippen molar-refractivity contribution in [3.63, 3.8) is 0 Å². The number of fused-ring (bicyclic) bond motifs is 1. The molecule has 7 heteroatoms. The van der Waals surface area contributed by atoms with Gasteiger partial charge in [-0.1, -0.05) is 60.2 Å². The summed E-state index contributed by atoms with van der Waals surface area (Å²) in [6.45, 7) is 3.95. The number of Topliss-reactive ketones (excluding diaryl/α,β-unsaturated/α-hetero) is 1. The first kappa shape index (κ1) is 21.6. The van der Waals surface area contributed by atoms with Crippen LogP contribution >= 0.6 is 11.3 Å². The number of aromatic nitrogens is 2. The zero-order chi connectivity index (χ0) is 22.8. The Hall–Kier alpha value is -3.58. The van der Waals surface area contributed by atoms with Crippen LogP contribution in [-0.4, -0.2) is 28.4 Å². The Morgan fingerprint density at radius 3 is 2.41 bits per heavy atom. The number of nitrogens with zero attached hydrogens (tertiary/aromatic N) is 2. The van der Waals surface area contributed by atoms with Crippen molar-refractivity contribution in [2.24, 2.45) is 0 Å². The predicted octanol–water partition coefficient (Wildman–Crippen LogP) is 4.73. The van der Waals surface area contributed by atoms with Crippen molar-refractivity contribution in [3.8, 4) is 11.1 Å². The van der Waals surface area contributed by atoms with Crippen LogP contribution in [-0.2, 0) is 9.53 Å². The number of carbonyl (C=O) groups excluding carboxylic acids is 2. The Morgan fingerprint density at radius 2 is 1.75 bits per heavy atom. The third-order valence-corrected chi connectivity index (χ3v) is 6.45. The molecular formula is C25H22N2O4S. The Bertz CT molecular complexity index is 1350. The monoisotopic (exact) mass is 446 g/mol. The van der Waals surface area contributed by atoms with Crippen molar-refractivity contribution in [3.05, 3.63) is 87.3 Å². The molecule has 0 aliphatic carbocycles. The number of methoxy groups -OCH3 is 1. The Balaban J connectivity index is 1.91. The second kappa shape index (κ2) is 8.88. The predicted molar refractivity (Wildman–Crippen MR) is 125 cm³/mol. The fourth-order valence-electron chi connectivity index (χ4n) is 3.76. The molecule has 2 heterocycles. The van der Waals surface area contributed by atoms with Crippen molar-refractivity contribution >= 4 is 33.3 Å². The van der Waals surface area contributed by atoms with Crippen molar-refractivity contribution in [2.45, 2.75) is 26.3 Å². The number of carbonyl (C=O) groups is 2. The summed E-state index contributed by atoms with van der Waals surface area (Å²) in [6, 6.07) is 15.5. The van der Waals surface area contributed by atoms with Crippen LogP contribution in [0, 0.1) is 13.8 Å². The van der Waals surface area contributed by atoms with Crippen LogP contribution in [0.2, 0.25) is 0 Å². The van der Waals surface area contributed by atoms with Gasteiger partial charge in [-0.05, 0) is 19.4 Å². The van der Waals surface area contributed by atoms with E-state index in [0.29, 0.717) is 15.8 Å². The third kappa shape index (κ3) is 3.99. The van der Waals surface area contributed by atoms with Crippen LogP contribution < -0.4 is 5.56 Å². The van der Waals surface area contributed by atoms with E-state index in [1.165, 1.54) is 29.3 Å². The number of hydrogen-bond donors (Lipinski definition) is 0. The van der Waals surface area contributed by atoms with Gasteiger partial charge >= 0.3 is 5.97 Å². The van der Waals surface area contributed by atoms with Gasteiger partial charge in [-0.3, -0.25) is 19.0 Å². The average Bonchev–Trinajstić information content (AvgIpc) is 3.15. The first-order chi connectivity index (χ1) is 15.4. The summed E-state index contributed by atoms with van der Waals surface area (Å²) in [4.78, 5) is 45.1. The highest BCUT2D eigenvalue weighted by Crippen LogP contribution is 2.36. The van der Waals surface area contributed by atoms with Crippen LogP contribution in [0.25, 0.3) is 21.3 Å². The first-order valence-electron chi connectivity index (χ1n) is 10.1. The quantitative estimate of drug-likeness (QED) is 0.316. The zero-order valence-corrected chi connectivity index (χ0v) is 18.8. The van der Waals surface area contributed by atoms with Gasteiger partial charge in [-0.15, -0.1) is 11.3 Å². The van der Waals surface area contributed by atoms with Gasteiger partial charge in [0, 0.05) is 16.0 Å². The SMILES string of the molecule is COC(=O)CC(C(=O)c1ccccc1)n1cnc2sc(C)c(-c3ccc(C)cc3)c2c1=O. The van der Waals surface area contributed by atoms with Crippen LogP contribution in [0.5, 0.6) is 0 Å².